The van der Waals surface area contributed by atoms with Crippen LogP contribution in [0.25, 0.3) is 0 Å². The summed E-state index contributed by atoms with van der Waals surface area (Å²) in [6.45, 7) is 9.78. The Bertz CT molecular complexity index is 932. The zero-order chi connectivity index (χ0) is 23.9. The number of anilines is 1. The third-order valence-corrected chi connectivity index (χ3v) is 7.50. The van der Waals surface area contributed by atoms with Gasteiger partial charge in [0.2, 0.25) is 5.91 Å². The molecule has 3 heterocycles. The molecule has 184 valence electrons. The number of hydrogen-bond donors (Lipinski definition) is 0. The van der Waals surface area contributed by atoms with E-state index in [9.17, 15) is 4.79 Å². The summed E-state index contributed by atoms with van der Waals surface area (Å²) in [7, 11) is 0. The fraction of sp³-hybridized carbons (Fsp3) is 0.586. The molecule has 2 aliphatic heterocycles. The van der Waals surface area contributed by atoms with Gasteiger partial charge in [0, 0.05) is 31.7 Å². The highest BCUT2D eigenvalue weighted by Crippen LogP contribution is 2.37. The molecule has 2 aliphatic rings. The van der Waals surface area contributed by atoms with Crippen LogP contribution in [0.15, 0.2) is 42.7 Å². The number of carbonyl (C=O) groups is 1. The molecule has 1 aromatic heterocycles. The summed E-state index contributed by atoms with van der Waals surface area (Å²) in [5, 5.41) is 0. The van der Waals surface area contributed by atoms with Gasteiger partial charge in [0.05, 0.1) is 25.0 Å². The molecular formula is C29H41N3O2. The second-order valence-corrected chi connectivity index (χ2v) is 10.2. The highest BCUT2D eigenvalue weighted by molar-refractivity contribution is 5.94. The van der Waals surface area contributed by atoms with Crippen molar-refractivity contribution >= 4 is 11.6 Å². The van der Waals surface area contributed by atoms with Crippen molar-refractivity contribution in [3.05, 3.63) is 53.9 Å². The van der Waals surface area contributed by atoms with Crippen LogP contribution < -0.4 is 9.64 Å². The van der Waals surface area contributed by atoms with Crippen molar-refractivity contribution < 1.29 is 9.53 Å². The maximum Gasteiger partial charge on any atom is 0.241 e. The first kappa shape index (κ1) is 24.7. The maximum absolute atomic E-state index is 13.6. The number of carbonyl (C=O) groups excluding carboxylic acids is 1. The zero-order valence-electron chi connectivity index (χ0n) is 21.2. The number of hydrogen-bond acceptors (Lipinski definition) is 4. The molecule has 5 nitrogen and oxygen atoms in total. The number of likely N-dealkylation sites (tertiary alicyclic amines) is 1. The number of pyridine rings is 1. The van der Waals surface area contributed by atoms with Gasteiger partial charge in [0.1, 0.15) is 5.75 Å². The van der Waals surface area contributed by atoms with E-state index >= 15 is 0 Å². The van der Waals surface area contributed by atoms with E-state index in [4.69, 9.17) is 4.74 Å². The number of ether oxygens (including phenoxy) is 1. The van der Waals surface area contributed by atoms with Crippen molar-refractivity contribution in [2.45, 2.75) is 77.7 Å². The van der Waals surface area contributed by atoms with E-state index in [1.165, 1.54) is 24.0 Å². The van der Waals surface area contributed by atoms with Gasteiger partial charge in [-0.05, 0) is 60.4 Å². The van der Waals surface area contributed by atoms with Crippen molar-refractivity contribution in [2.24, 2.45) is 5.92 Å². The van der Waals surface area contributed by atoms with Gasteiger partial charge in [-0.25, -0.2) is 0 Å². The maximum atomic E-state index is 13.6. The summed E-state index contributed by atoms with van der Waals surface area (Å²) in [5.74, 6) is 2.39. The molecule has 1 fully saturated rings. The summed E-state index contributed by atoms with van der Waals surface area (Å²) in [6.07, 6.45) is 11.4. The number of aromatic nitrogens is 1. The molecule has 0 N–H and O–H groups in total. The van der Waals surface area contributed by atoms with Gasteiger partial charge < -0.3 is 9.64 Å². The van der Waals surface area contributed by atoms with Crippen molar-refractivity contribution in [2.75, 3.05) is 31.1 Å². The van der Waals surface area contributed by atoms with E-state index in [0.717, 1.165) is 63.2 Å². The predicted octanol–water partition coefficient (Wildman–Crippen LogP) is 5.83. The van der Waals surface area contributed by atoms with Crippen LogP contribution in [0.4, 0.5) is 5.69 Å². The summed E-state index contributed by atoms with van der Waals surface area (Å²) in [5.41, 5.74) is 3.65. The van der Waals surface area contributed by atoms with Crippen molar-refractivity contribution in [3.63, 3.8) is 0 Å². The molecule has 3 unspecified atom stereocenters. The third kappa shape index (κ3) is 5.99. The Kier molecular flexibility index (Phi) is 8.60. The van der Waals surface area contributed by atoms with E-state index in [1.807, 2.05) is 23.2 Å². The minimum Gasteiger partial charge on any atom is -0.493 e. The molecule has 3 atom stereocenters. The first-order chi connectivity index (χ1) is 16.6. The number of fused-ring (bicyclic) bond motifs is 1. The molecule has 2 aromatic rings. The minimum absolute atomic E-state index is 0.192. The molecule has 1 amide bonds. The molecule has 0 spiro atoms. The molecule has 34 heavy (non-hydrogen) atoms. The van der Waals surface area contributed by atoms with E-state index in [-0.39, 0.29) is 5.91 Å². The molecule has 1 aromatic carbocycles. The number of amides is 1. The van der Waals surface area contributed by atoms with Crippen LogP contribution in [0.2, 0.25) is 0 Å². The third-order valence-electron chi connectivity index (χ3n) is 7.50. The van der Waals surface area contributed by atoms with Gasteiger partial charge in [-0.2, -0.15) is 0 Å². The average molecular weight is 464 g/mol. The van der Waals surface area contributed by atoms with Crippen LogP contribution in [0.3, 0.4) is 0 Å². The van der Waals surface area contributed by atoms with Crippen LogP contribution >= 0.6 is 0 Å². The van der Waals surface area contributed by atoms with Crippen LogP contribution in [0, 0.1) is 5.92 Å². The highest BCUT2D eigenvalue weighted by atomic mass is 16.5. The quantitative estimate of drug-likeness (QED) is 0.420. The van der Waals surface area contributed by atoms with Gasteiger partial charge in [-0.15, -0.1) is 0 Å². The summed E-state index contributed by atoms with van der Waals surface area (Å²) in [6, 6.07) is 11.1. The molecule has 0 bridgehead atoms. The van der Waals surface area contributed by atoms with E-state index < -0.39 is 0 Å². The van der Waals surface area contributed by atoms with E-state index in [1.54, 1.807) is 6.20 Å². The summed E-state index contributed by atoms with van der Waals surface area (Å²) >= 11 is 0. The van der Waals surface area contributed by atoms with Crippen LogP contribution in [0.5, 0.6) is 5.75 Å². The molecule has 4 rings (SSSR count). The molecule has 0 radical (unpaired) electrons. The first-order valence-electron chi connectivity index (χ1n) is 13.3. The smallest absolute Gasteiger partial charge is 0.241 e. The van der Waals surface area contributed by atoms with Gasteiger partial charge in [-0.1, -0.05) is 52.2 Å². The Hall–Kier alpha value is -2.40. The standard InChI is InChI=1S/C29H41N3O2/c1-4-6-14-32(26-9-7-13-30-19-26)29(33)21-31-20-25(18-27(31)16-22(3)8-5-2)23-10-11-28-24(17-23)12-15-34-28/h7,9-11,13,17,19,22,25,27H,4-6,8,12,14-16,18,20-21H2,1-3H3. The summed E-state index contributed by atoms with van der Waals surface area (Å²) < 4.78 is 5.73. The topological polar surface area (TPSA) is 45.7 Å². The fourth-order valence-corrected chi connectivity index (χ4v) is 5.69. The van der Waals surface area contributed by atoms with Crippen molar-refractivity contribution in [1.29, 1.82) is 0 Å². The zero-order valence-corrected chi connectivity index (χ0v) is 21.2. The molecule has 5 heteroatoms. The van der Waals surface area contributed by atoms with Gasteiger partial charge >= 0.3 is 0 Å². The summed E-state index contributed by atoms with van der Waals surface area (Å²) in [4.78, 5) is 22.3. The average Bonchev–Trinajstić information content (AvgIpc) is 3.46. The van der Waals surface area contributed by atoms with Gasteiger partial charge in [-0.3, -0.25) is 14.7 Å². The monoisotopic (exact) mass is 463 g/mol. The van der Waals surface area contributed by atoms with Gasteiger partial charge in [0.25, 0.3) is 0 Å². The Morgan fingerprint density at radius 2 is 2.15 bits per heavy atom. The van der Waals surface area contributed by atoms with Crippen LogP contribution in [-0.4, -0.2) is 48.1 Å². The Balaban J connectivity index is 1.51. The van der Waals surface area contributed by atoms with E-state index in [0.29, 0.717) is 24.4 Å². The molecule has 0 saturated carbocycles. The largest absolute Gasteiger partial charge is 0.493 e. The first-order valence-corrected chi connectivity index (χ1v) is 13.3. The normalized spacial score (nSPS) is 20.7. The van der Waals surface area contributed by atoms with Crippen molar-refractivity contribution in [1.82, 2.24) is 9.88 Å². The second-order valence-electron chi connectivity index (χ2n) is 10.2. The SMILES string of the molecule is CCCCN(C(=O)CN1CC(c2ccc3c(c2)CCO3)CC1CC(C)CCC)c1cccnc1. The van der Waals surface area contributed by atoms with Crippen molar-refractivity contribution in [3.8, 4) is 5.75 Å². The molecular weight excluding hydrogens is 422 g/mol. The predicted molar refractivity (Wildman–Crippen MR) is 139 cm³/mol. The second kappa shape index (κ2) is 11.8. The highest BCUT2D eigenvalue weighted by Gasteiger charge is 2.36. The Morgan fingerprint density at radius 1 is 1.26 bits per heavy atom. The molecule has 1 saturated heterocycles. The van der Waals surface area contributed by atoms with E-state index in [2.05, 4.69) is 48.9 Å². The lowest BCUT2D eigenvalue weighted by Gasteiger charge is -2.29. The van der Waals surface area contributed by atoms with Crippen LogP contribution in [0.1, 0.15) is 76.3 Å². The van der Waals surface area contributed by atoms with Crippen LogP contribution in [-0.2, 0) is 11.2 Å². The number of benzene rings is 1. The lowest BCUT2D eigenvalue weighted by molar-refractivity contribution is -0.120. The van der Waals surface area contributed by atoms with Gasteiger partial charge in [0.15, 0.2) is 0 Å². The number of rotatable bonds is 11. The number of nitrogens with zero attached hydrogens (tertiary/aromatic N) is 3. The number of unbranched alkanes of at least 4 members (excludes halogenated alkanes) is 1. The molecule has 0 aliphatic carbocycles. The fourth-order valence-electron chi connectivity index (χ4n) is 5.69. The Labute approximate surface area is 205 Å². The lowest BCUT2D eigenvalue weighted by atomic mass is 9.90. The lowest BCUT2D eigenvalue weighted by Crippen LogP contribution is -2.43. The minimum atomic E-state index is 0.192. The Morgan fingerprint density at radius 3 is 2.91 bits per heavy atom.